The molecule has 0 fully saturated rings. The lowest BCUT2D eigenvalue weighted by atomic mass is 9.99. The number of anilines is 1. The minimum atomic E-state index is -0.622. The van der Waals surface area contributed by atoms with E-state index in [-0.39, 0.29) is 11.8 Å². The van der Waals surface area contributed by atoms with Gasteiger partial charge in [0.1, 0.15) is 6.04 Å². The number of benzene rings is 3. The number of hydrogen-bond acceptors (Lipinski definition) is 3. The minimum Gasteiger partial charge on any atom is -0.340 e. The molecule has 4 N–H and O–H groups in total. The molecule has 2 amide bonds. The highest BCUT2D eigenvalue weighted by molar-refractivity contribution is 6.10. The van der Waals surface area contributed by atoms with E-state index in [1.165, 1.54) is 16.5 Å². The third-order valence-electron chi connectivity index (χ3n) is 6.01. The molecule has 0 unspecified atom stereocenters. The number of carbonyl (C=O) groups excluding carboxylic acids is 2. The lowest BCUT2D eigenvalue weighted by Crippen LogP contribution is -2.44. The monoisotopic (exact) mass is 415 g/mol. The van der Waals surface area contributed by atoms with Crippen molar-refractivity contribution in [2.45, 2.75) is 45.1 Å². The van der Waals surface area contributed by atoms with E-state index < -0.39 is 6.04 Å². The summed E-state index contributed by atoms with van der Waals surface area (Å²) in [7, 11) is 0. The summed E-state index contributed by atoms with van der Waals surface area (Å²) in [5.41, 5.74) is 10.7. The van der Waals surface area contributed by atoms with Crippen molar-refractivity contribution in [2.75, 3.05) is 11.9 Å². The summed E-state index contributed by atoms with van der Waals surface area (Å²) in [6.07, 6.45) is 4.15. The number of nitrogens with two attached hydrogens (primary N) is 1. The van der Waals surface area contributed by atoms with Gasteiger partial charge in [-0.15, -0.1) is 0 Å². The molecular formula is C26H29N3O2. The van der Waals surface area contributed by atoms with Gasteiger partial charge in [-0.2, -0.15) is 0 Å². The van der Waals surface area contributed by atoms with Gasteiger partial charge < -0.3 is 16.4 Å². The Morgan fingerprint density at radius 3 is 2.45 bits per heavy atom. The van der Waals surface area contributed by atoms with Crippen LogP contribution in [0.2, 0.25) is 0 Å². The summed E-state index contributed by atoms with van der Waals surface area (Å²) < 4.78 is 0. The SMILES string of the molecule is Cc1ccc(NC(=O)[C@H](CCCCN)NC(=O)c2ccc3c4c(cccc24)CC3)cc1. The van der Waals surface area contributed by atoms with Gasteiger partial charge in [0.15, 0.2) is 0 Å². The molecule has 31 heavy (non-hydrogen) atoms. The van der Waals surface area contributed by atoms with Crippen molar-refractivity contribution in [2.24, 2.45) is 5.73 Å². The first-order valence-electron chi connectivity index (χ1n) is 11.0. The second-order valence-corrected chi connectivity index (χ2v) is 8.28. The van der Waals surface area contributed by atoms with Crippen LogP contribution in [0.1, 0.15) is 46.3 Å². The van der Waals surface area contributed by atoms with E-state index in [1.54, 1.807) is 0 Å². The molecule has 1 atom stereocenters. The average Bonchev–Trinajstić information content (AvgIpc) is 3.20. The molecule has 160 valence electrons. The molecule has 3 aromatic rings. The third-order valence-corrected chi connectivity index (χ3v) is 6.01. The van der Waals surface area contributed by atoms with E-state index in [2.05, 4.69) is 16.7 Å². The predicted molar refractivity (Wildman–Crippen MR) is 125 cm³/mol. The topological polar surface area (TPSA) is 84.2 Å². The van der Waals surface area contributed by atoms with Gasteiger partial charge >= 0.3 is 0 Å². The van der Waals surface area contributed by atoms with E-state index in [9.17, 15) is 9.59 Å². The van der Waals surface area contributed by atoms with Crippen molar-refractivity contribution in [1.29, 1.82) is 0 Å². The van der Waals surface area contributed by atoms with Crippen LogP contribution in [0.15, 0.2) is 54.6 Å². The first-order valence-corrected chi connectivity index (χ1v) is 11.0. The molecule has 0 bridgehead atoms. The van der Waals surface area contributed by atoms with E-state index in [4.69, 9.17) is 5.73 Å². The maximum absolute atomic E-state index is 13.2. The van der Waals surface area contributed by atoms with E-state index >= 15 is 0 Å². The summed E-state index contributed by atoms with van der Waals surface area (Å²) in [5.74, 6) is -0.424. The summed E-state index contributed by atoms with van der Waals surface area (Å²) in [6.45, 7) is 2.56. The van der Waals surface area contributed by atoms with Gasteiger partial charge in [0, 0.05) is 11.3 Å². The number of amides is 2. The highest BCUT2D eigenvalue weighted by Crippen LogP contribution is 2.32. The van der Waals surface area contributed by atoms with Crippen LogP contribution in [0.5, 0.6) is 0 Å². The average molecular weight is 416 g/mol. The highest BCUT2D eigenvalue weighted by Gasteiger charge is 2.24. The summed E-state index contributed by atoms with van der Waals surface area (Å²) in [4.78, 5) is 26.2. The van der Waals surface area contributed by atoms with Crippen LogP contribution in [0, 0.1) is 6.92 Å². The maximum Gasteiger partial charge on any atom is 0.252 e. The second kappa shape index (κ2) is 9.31. The Labute approximate surface area is 183 Å². The first kappa shape index (κ1) is 21.1. The van der Waals surface area contributed by atoms with Gasteiger partial charge in [0.25, 0.3) is 5.91 Å². The summed E-state index contributed by atoms with van der Waals surface area (Å²) in [5, 5.41) is 8.07. The Balaban J connectivity index is 1.55. The van der Waals surface area contributed by atoms with Crippen molar-refractivity contribution in [3.8, 4) is 0 Å². The zero-order valence-corrected chi connectivity index (χ0v) is 17.9. The molecule has 5 heteroatoms. The van der Waals surface area contributed by atoms with Gasteiger partial charge in [-0.05, 0) is 85.7 Å². The number of carbonyl (C=O) groups is 2. The number of nitrogens with one attached hydrogen (secondary N) is 2. The van der Waals surface area contributed by atoms with Crippen LogP contribution in [0.4, 0.5) is 5.69 Å². The molecule has 3 aromatic carbocycles. The predicted octanol–water partition coefficient (Wildman–Crippen LogP) is 4.11. The molecule has 0 heterocycles. The van der Waals surface area contributed by atoms with Crippen molar-refractivity contribution >= 4 is 28.3 Å². The Hall–Kier alpha value is -3.18. The van der Waals surface area contributed by atoms with Crippen LogP contribution in [0.3, 0.4) is 0 Å². The molecule has 0 aliphatic heterocycles. The third kappa shape index (κ3) is 4.62. The van der Waals surface area contributed by atoms with Gasteiger partial charge in [-0.1, -0.05) is 42.0 Å². The molecule has 1 aliphatic rings. The Morgan fingerprint density at radius 1 is 0.968 bits per heavy atom. The van der Waals surface area contributed by atoms with Crippen LogP contribution in [0.25, 0.3) is 10.8 Å². The van der Waals surface area contributed by atoms with E-state index in [1.807, 2.05) is 55.5 Å². The van der Waals surface area contributed by atoms with Gasteiger partial charge in [0.05, 0.1) is 0 Å². The first-order chi connectivity index (χ1) is 15.1. The van der Waals surface area contributed by atoms with Crippen molar-refractivity contribution in [3.05, 3.63) is 76.9 Å². The standard InChI is InChI=1S/C26H29N3O2/c1-17-8-13-20(14-9-17)28-26(31)23(7-2-3-16-27)29-25(30)22-15-12-19-11-10-18-5-4-6-21(22)24(18)19/h4-6,8-9,12-15,23H,2-3,7,10-11,16,27H2,1H3,(H,28,31)(H,29,30)/t23-/m0/s1. The maximum atomic E-state index is 13.2. The Kier molecular flexibility index (Phi) is 6.33. The smallest absolute Gasteiger partial charge is 0.252 e. The van der Waals surface area contributed by atoms with Crippen LogP contribution < -0.4 is 16.4 Å². The lowest BCUT2D eigenvalue weighted by Gasteiger charge is -2.19. The van der Waals surface area contributed by atoms with Gasteiger partial charge in [-0.25, -0.2) is 0 Å². The molecule has 0 saturated heterocycles. The molecule has 5 nitrogen and oxygen atoms in total. The van der Waals surface area contributed by atoms with Gasteiger partial charge in [0.2, 0.25) is 5.91 Å². The van der Waals surface area contributed by atoms with Crippen LogP contribution >= 0.6 is 0 Å². The summed E-state index contributed by atoms with van der Waals surface area (Å²) in [6, 6.07) is 17.1. The molecular weight excluding hydrogens is 386 g/mol. The van der Waals surface area contributed by atoms with Crippen molar-refractivity contribution < 1.29 is 9.59 Å². The fraction of sp³-hybridized carbons (Fsp3) is 0.308. The lowest BCUT2D eigenvalue weighted by molar-refractivity contribution is -0.118. The quantitative estimate of drug-likeness (QED) is 0.484. The molecule has 1 aliphatic carbocycles. The molecule has 0 saturated carbocycles. The highest BCUT2D eigenvalue weighted by atomic mass is 16.2. The number of hydrogen-bond donors (Lipinski definition) is 3. The second-order valence-electron chi connectivity index (χ2n) is 8.28. The number of unbranched alkanes of at least 4 members (excludes halogenated alkanes) is 1. The molecule has 4 rings (SSSR count). The zero-order valence-electron chi connectivity index (χ0n) is 17.9. The van der Waals surface area contributed by atoms with Crippen molar-refractivity contribution in [3.63, 3.8) is 0 Å². The van der Waals surface area contributed by atoms with Crippen molar-refractivity contribution in [1.82, 2.24) is 5.32 Å². The largest absolute Gasteiger partial charge is 0.340 e. The normalized spacial score (nSPS) is 13.2. The van der Waals surface area contributed by atoms with Gasteiger partial charge in [-0.3, -0.25) is 9.59 Å². The number of aryl methyl sites for hydroxylation is 3. The number of rotatable bonds is 8. The fourth-order valence-corrected chi connectivity index (χ4v) is 4.31. The van der Waals surface area contributed by atoms with E-state index in [0.717, 1.165) is 42.3 Å². The minimum absolute atomic E-state index is 0.208. The Morgan fingerprint density at radius 2 is 1.71 bits per heavy atom. The molecule has 0 aromatic heterocycles. The Bertz CT molecular complexity index is 1100. The molecule has 0 radical (unpaired) electrons. The van der Waals surface area contributed by atoms with Crippen LogP contribution in [-0.4, -0.2) is 24.4 Å². The zero-order chi connectivity index (χ0) is 21.8. The van der Waals surface area contributed by atoms with Crippen LogP contribution in [-0.2, 0) is 17.6 Å². The fourth-order valence-electron chi connectivity index (χ4n) is 4.31. The summed E-state index contributed by atoms with van der Waals surface area (Å²) >= 11 is 0. The van der Waals surface area contributed by atoms with E-state index in [0.29, 0.717) is 18.5 Å². The molecule has 0 spiro atoms.